The molecule has 0 saturated carbocycles. The number of hydrogen-bond acceptors (Lipinski definition) is 4. The molecule has 1 saturated heterocycles. The molecule has 1 atom stereocenters. The Morgan fingerprint density at radius 2 is 1.82 bits per heavy atom. The number of benzene rings is 2. The van der Waals surface area contributed by atoms with Crippen molar-refractivity contribution in [1.29, 1.82) is 5.26 Å². The lowest BCUT2D eigenvalue weighted by Gasteiger charge is -2.31. The fourth-order valence-corrected chi connectivity index (χ4v) is 3.13. The number of hydrogen-bond donors (Lipinski definition) is 2. The molecule has 0 radical (unpaired) electrons. The first-order chi connectivity index (χ1) is 13.4. The molecule has 0 bridgehead atoms. The van der Waals surface area contributed by atoms with Crippen LogP contribution in [0.4, 0.5) is 0 Å². The zero-order valence-corrected chi connectivity index (χ0v) is 15.8. The van der Waals surface area contributed by atoms with Crippen LogP contribution in [-0.2, 0) is 6.54 Å². The molecule has 146 valence electrons. The van der Waals surface area contributed by atoms with Gasteiger partial charge < -0.3 is 10.2 Å². The Balaban J connectivity index is 0.000000203. The molecule has 3 rings (SSSR count). The van der Waals surface area contributed by atoms with Gasteiger partial charge in [0.2, 0.25) is 0 Å². The summed E-state index contributed by atoms with van der Waals surface area (Å²) < 4.78 is 0. The number of piperidine rings is 1. The number of aromatic carboxylic acids is 2. The molecule has 28 heavy (non-hydrogen) atoms. The first-order valence-corrected chi connectivity index (χ1v) is 9.17. The Hall–Kier alpha value is -3.17. The van der Waals surface area contributed by atoms with E-state index in [2.05, 4.69) is 35.2 Å². The number of nitrogens with zero attached hydrogens (tertiary/aromatic N) is 2. The van der Waals surface area contributed by atoms with E-state index in [9.17, 15) is 9.59 Å². The molecule has 1 unspecified atom stereocenters. The molecule has 2 aromatic rings. The highest BCUT2D eigenvalue weighted by Gasteiger charge is 2.21. The van der Waals surface area contributed by atoms with E-state index in [0.29, 0.717) is 5.56 Å². The van der Waals surface area contributed by atoms with Crippen LogP contribution in [0.1, 0.15) is 51.1 Å². The average Bonchev–Trinajstić information content (AvgIpc) is 2.69. The first kappa shape index (κ1) is 21.1. The SMILES string of the molecule is Cc1ccc(C(=O)O)cc1C(=O)O.N#CC1CCCCN1Cc1ccccc1. The summed E-state index contributed by atoms with van der Waals surface area (Å²) in [5.41, 5.74) is 1.88. The minimum absolute atomic E-state index is 0.0111. The van der Waals surface area contributed by atoms with Crippen molar-refractivity contribution in [3.63, 3.8) is 0 Å². The fraction of sp³-hybridized carbons (Fsp3) is 0.318. The van der Waals surface area contributed by atoms with Crippen LogP contribution in [0.2, 0.25) is 0 Å². The summed E-state index contributed by atoms with van der Waals surface area (Å²) in [5.74, 6) is -2.23. The number of rotatable bonds is 4. The molecule has 0 amide bonds. The summed E-state index contributed by atoms with van der Waals surface area (Å²) in [7, 11) is 0. The Morgan fingerprint density at radius 3 is 2.43 bits per heavy atom. The summed E-state index contributed by atoms with van der Waals surface area (Å²) in [6.07, 6.45) is 3.46. The molecule has 1 fully saturated rings. The van der Waals surface area contributed by atoms with Gasteiger partial charge in [-0.2, -0.15) is 5.26 Å². The highest BCUT2D eigenvalue weighted by Crippen LogP contribution is 2.18. The van der Waals surface area contributed by atoms with Crippen LogP contribution in [0.5, 0.6) is 0 Å². The van der Waals surface area contributed by atoms with E-state index in [4.69, 9.17) is 15.5 Å². The molecule has 0 aliphatic carbocycles. The summed E-state index contributed by atoms with van der Waals surface area (Å²) >= 11 is 0. The van der Waals surface area contributed by atoms with E-state index in [1.807, 2.05) is 6.07 Å². The molecule has 1 aliphatic rings. The summed E-state index contributed by atoms with van der Waals surface area (Å²) in [5, 5.41) is 26.3. The Bertz CT molecular complexity index is 859. The Labute approximate surface area is 164 Å². The van der Waals surface area contributed by atoms with Crippen molar-refractivity contribution in [1.82, 2.24) is 4.90 Å². The molecule has 2 aromatic carbocycles. The van der Waals surface area contributed by atoms with Gasteiger partial charge >= 0.3 is 11.9 Å². The van der Waals surface area contributed by atoms with E-state index in [0.717, 1.165) is 25.6 Å². The van der Waals surface area contributed by atoms with Crippen LogP contribution in [0.25, 0.3) is 0 Å². The zero-order valence-electron chi connectivity index (χ0n) is 15.8. The second-order valence-corrected chi connectivity index (χ2v) is 6.74. The van der Waals surface area contributed by atoms with Gasteiger partial charge in [0.25, 0.3) is 0 Å². The van der Waals surface area contributed by atoms with E-state index in [1.165, 1.54) is 30.5 Å². The predicted molar refractivity (Wildman–Crippen MR) is 105 cm³/mol. The van der Waals surface area contributed by atoms with Gasteiger partial charge in [-0.3, -0.25) is 4.90 Å². The van der Waals surface area contributed by atoms with Crippen LogP contribution in [0.15, 0.2) is 48.5 Å². The quantitative estimate of drug-likeness (QED) is 0.832. The van der Waals surface area contributed by atoms with Gasteiger partial charge in [0.15, 0.2) is 0 Å². The van der Waals surface area contributed by atoms with Crippen molar-refractivity contribution in [2.75, 3.05) is 6.54 Å². The van der Waals surface area contributed by atoms with Crippen LogP contribution < -0.4 is 0 Å². The number of carboxylic acids is 2. The van der Waals surface area contributed by atoms with Gasteiger partial charge in [-0.1, -0.05) is 36.4 Å². The maximum absolute atomic E-state index is 10.6. The van der Waals surface area contributed by atoms with E-state index < -0.39 is 11.9 Å². The van der Waals surface area contributed by atoms with Crippen molar-refractivity contribution in [2.24, 2.45) is 0 Å². The van der Waals surface area contributed by atoms with Crippen LogP contribution in [-0.4, -0.2) is 39.6 Å². The number of likely N-dealkylation sites (tertiary alicyclic amines) is 1. The molecule has 6 heteroatoms. The normalized spacial score (nSPS) is 16.4. The van der Waals surface area contributed by atoms with Crippen molar-refractivity contribution < 1.29 is 19.8 Å². The predicted octanol–water partition coefficient (Wildman–Crippen LogP) is 3.96. The van der Waals surface area contributed by atoms with Crippen LogP contribution >= 0.6 is 0 Å². The van der Waals surface area contributed by atoms with Gasteiger partial charge in [-0.25, -0.2) is 9.59 Å². The van der Waals surface area contributed by atoms with E-state index in [-0.39, 0.29) is 17.2 Å². The minimum Gasteiger partial charge on any atom is -0.478 e. The Morgan fingerprint density at radius 1 is 1.11 bits per heavy atom. The third kappa shape index (κ3) is 5.93. The van der Waals surface area contributed by atoms with Gasteiger partial charge in [0.05, 0.1) is 23.2 Å². The molecule has 0 aromatic heterocycles. The molecule has 0 spiro atoms. The number of nitriles is 1. The number of carbonyl (C=O) groups is 2. The van der Waals surface area contributed by atoms with Gasteiger partial charge in [0.1, 0.15) is 0 Å². The van der Waals surface area contributed by atoms with Crippen molar-refractivity contribution in [2.45, 2.75) is 38.8 Å². The maximum atomic E-state index is 10.6. The number of carboxylic acid groups (broad SMARTS) is 2. The van der Waals surface area contributed by atoms with E-state index >= 15 is 0 Å². The standard InChI is InChI=1S/C13H16N2.C9H8O4/c14-10-13-8-4-5-9-15(13)11-12-6-2-1-3-7-12;1-5-2-3-6(8(10)11)4-7(5)9(12)13/h1-3,6-7,13H,4-5,8-9,11H2;2-4H,1H3,(H,10,11)(H,12,13). The number of aryl methyl sites for hydroxylation is 1. The topological polar surface area (TPSA) is 102 Å². The lowest BCUT2D eigenvalue weighted by molar-refractivity contribution is 0.0695. The second kappa shape index (κ2) is 10.2. The minimum atomic E-state index is -1.12. The van der Waals surface area contributed by atoms with Gasteiger partial charge in [-0.15, -0.1) is 0 Å². The van der Waals surface area contributed by atoms with E-state index in [1.54, 1.807) is 6.92 Å². The highest BCUT2D eigenvalue weighted by atomic mass is 16.4. The largest absolute Gasteiger partial charge is 0.478 e. The molecular formula is C22H24N2O4. The highest BCUT2D eigenvalue weighted by molar-refractivity contribution is 5.94. The van der Waals surface area contributed by atoms with Crippen LogP contribution in [0.3, 0.4) is 0 Å². The smallest absolute Gasteiger partial charge is 0.335 e. The van der Waals surface area contributed by atoms with Gasteiger partial charge in [-0.05, 0) is 56.0 Å². The summed E-state index contributed by atoms with van der Waals surface area (Å²) in [6.45, 7) is 3.60. The molecule has 1 heterocycles. The maximum Gasteiger partial charge on any atom is 0.335 e. The summed E-state index contributed by atoms with van der Waals surface area (Å²) in [6, 6.07) is 16.9. The lowest BCUT2D eigenvalue weighted by Crippen LogP contribution is -2.37. The van der Waals surface area contributed by atoms with Gasteiger partial charge in [0, 0.05) is 6.54 Å². The fourth-order valence-electron chi connectivity index (χ4n) is 3.13. The van der Waals surface area contributed by atoms with Crippen LogP contribution in [0, 0.1) is 18.3 Å². The zero-order chi connectivity index (χ0) is 20.5. The monoisotopic (exact) mass is 380 g/mol. The Kier molecular flexibility index (Phi) is 7.73. The molecular weight excluding hydrogens is 356 g/mol. The summed E-state index contributed by atoms with van der Waals surface area (Å²) in [4.78, 5) is 23.4. The third-order valence-electron chi connectivity index (χ3n) is 4.71. The van der Waals surface area contributed by atoms with Crippen molar-refractivity contribution >= 4 is 11.9 Å². The third-order valence-corrected chi connectivity index (χ3v) is 4.71. The molecule has 6 nitrogen and oxygen atoms in total. The van der Waals surface area contributed by atoms with Crippen molar-refractivity contribution in [3.8, 4) is 6.07 Å². The second-order valence-electron chi connectivity index (χ2n) is 6.74. The van der Waals surface area contributed by atoms with Crippen molar-refractivity contribution in [3.05, 3.63) is 70.8 Å². The molecule has 2 N–H and O–H groups in total. The average molecular weight is 380 g/mol. The molecule has 1 aliphatic heterocycles. The lowest BCUT2D eigenvalue weighted by atomic mass is 10.0. The first-order valence-electron chi connectivity index (χ1n) is 9.17.